The molecule has 1 aliphatic carbocycles. The molecule has 4 atom stereocenters. The second-order valence-corrected chi connectivity index (χ2v) is 4.48. The van der Waals surface area contributed by atoms with Crippen molar-refractivity contribution in [2.24, 2.45) is 17.8 Å². The van der Waals surface area contributed by atoms with Gasteiger partial charge in [-0.25, -0.2) is 0 Å². The van der Waals surface area contributed by atoms with E-state index < -0.39 is 0 Å². The van der Waals surface area contributed by atoms with Crippen molar-refractivity contribution in [3.63, 3.8) is 0 Å². The van der Waals surface area contributed by atoms with E-state index in [0.717, 1.165) is 18.4 Å². The molecule has 0 amide bonds. The molecule has 0 N–H and O–H groups in total. The molecule has 0 aromatic heterocycles. The molecule has 1 nitrogen and oxygen atoms in total. The number of rotatable bonds is 0. The molecule has 0 aromatic carbocycles. The average molecular weight is 166 g/mol. The number of hydrogen-bond donors (Lipinski definition) is 0. The lowest BCUT2D eigenvalue weighted by Gasteiger charge is -2.43. The normalized spacial score (nSPS) is 47.7. The summed E-state index contributed by atoms with van der Waals surface area (Å²) in [6.45, 7) is 9.64. The highest BCUT2D eigenvalue weighted by molar-refractivity contribution is 5.10. The lowest BCUT2D eigenvalue weighted by Crippen LogP contribution is -2.40. The van der Waals surface area contributed by atoms with Gasteiger partial charge in [0.2, 0.25) is 0 Å². The third kappa shape index (κ3) is 1.20. The van der Waals surface area contributed by atoms with Crippen molar-refractivity contribution in [1.29, 1.82) is 0 Å². The van der Waals surface area contributed by atoms with Gasteiger partial charge in [-0.1, -0.05) is 19.1 Å². The Morgan fingerprint density at radius 1 is 1.42 bits per heavy atom. The van der Waals surface area contributed by atoms with Crippen LogP contribution in [-0.4, -0.2) is 12.7 Å². The first kappa shape index (κ1) is 8.31. The lowest BCUT2D eigenvalue weighted by molar-refractivity contribution is -0.0626. The first-order valence-corrected chi connectivity index (χ1v) is 4.97. The summed E-state index contributed by atoms with van der Waals surface area (Å²) >= 11 is 0. The number of ether oxygens (including phenoxy) is 1. The smallest absolute Gasteiger partial charge is 0.0612 e. The summed E-state index contributed by atoms with van der Waals surface area (Å²) in [5, 5.41) is 0. The fraction of sp³-hybridized carbons (Fsp3) is 0.818. The van der Waals surface area contributed by atoms with E-state index in [-0.39, 0.29) is 0 Å². The molecule has 1 saturated carbocycles. The molecule has 2 fully saturated rings. The largest absolute Gasteiger partial charge is 0.378 e. The molecule has 1 heterocycles. The highest BCUT2D eigenvalue weighted by Crippen LogP contribution is 2.42. The van der Waals surface area contributed by atoms with Gasteiger partial charge in [-0.3, -0.25) is 0 Å². The van der Waals surface area contributed by atoms with Crippen LogP contribution < -0.4 is 0 Å². The second-order valence-electron chi connectivity index (χ2n) is 4.48. The van der Waals surface area contributed by atoms with Crippen LogP contribution >= 0.6 is 0 Å². The Kier molecular flexibility index (Phi) is 1.99. The number of fused-ring (bicyclic) bond motifs is 2. The minimum atomic E-state index is 0.418. The monoisotopic (exact) mass is 166 g/mol. The fourth-order valence-electron chi connectivity index (χ4n) is 2.60. The van der Waals surface area contributed by atoms with Gasteiger partial charge in [-0.05, 0) is 31.6 Å². The Bertz CT molecular complexity index is 197. The van der Waals surface area contributed by atoms with Crippen LogP contribution in [0.25, 0.3) is 0 Å². The minimum absolute atomic E-state index is 0.418. The molecule has 0 aromatic rings. The lowest BCUT2D eigenvalue weighted by atomic mass is 9.69. The molecule has 2 aliphatic rings. The van der Waals surface area contributed by atoms with Crippen molar-refractivity contribution >= 4 is 0 Å². The van der Waals surface area contributed by atoms with Gasteiger partial charge in [-0.15, -0.1) is 0 Å². The molecule has 2 unspecified atom stereocenters. The van der Waals surface area contributed by atoms with Gasteiger partial charge in [0.15, 0.2) is 0 Å². The van der Waals surface area contributed by atoms with E-state index in [4.69, 9.17) is 4.74 Å². The standard InChI is InChI=1S/C11H18O/c1-7-4-8(2)11-5-10(7)6-12-9(11)3/h7,9-11H,2,4-6H2,1,3H3/t7?,9?,10-,11+/m0/s1. The predicted octanol–water partition coefficient (Wildman–Crippen LogP) is 2.62. The van der Waals surface area contributed by atoms with Gasteiger partial charge in [0, 0.05) is 5.92 Å². The highest BCUT2D eigenvalue weighted by atomic mass is 16.5. The van der Waals surface area contributed by atoms with Crippen LogP contribution in [0.5, 0.6) is 0 Å². The first-order chi connectivity index (χ1) is 5.68. The third-order valence-corrected chi connectivity index (χ3v) is 3.61. The van der Waals surface area contributed by atoms with Crippen LogP contribution in [0.4, 0.5) is 0 Å². The SMILES string of the molecule is C=C1CC(C)[C@@H]2COC(C)[C@@H]1C2. The van der Waals surface area contributed by atoms with Crippen molar-refractivity contribution in [3.8, 4) is 0 Å². The summed E-state index contributed by atoms with van der Waals surface area (Å²) in [7, 11) is 0. The average Bonchev–Trinajstić information content (AvgIpc) is 2.03. The van der Waals surface area contributed by atoms with Crippen molar-refractivity contribution in [2.45, 2.75) is 32.8 Å². The number of hydrogen-bond acceptors (Lipinski definition) is 1. The zero-order valence-electron chi connectivity index (χ0n) is 8.05. The molecule has 2 bridgehead atoms. The summed E-state index contributed by atoms with van der Waals surface area (Å²) in [6, 6.07) is 0. The van der Waals surface area contributed by atoms with Gasteiger partial charge >= 0.3 is 0 Å². The van der Waals surface area contributed by atoms with E-state index in [1.807, 2.05) is 0 Å². The Morgan fingerprint density at radius 2 is 2.17 bits per heavy atom. The van der Waals surface area contributed by atoms with E-state index in [9.17, 15) is 0 Å². The zero-order valence-corrected chi connectivity index (χ0v) is 8.05. The van der Waals surface area contributed by atoms with Crippen LogP contribution in [0.3, 0.4) is 0 Å². The fourth-order valence-corrected chi connectivity index (χ4v) is 2.60. The van der Waals surface area contributed by atoms with Crippen LogP contribution in [0, 0.1) is 17.8 Å². The Morgan fingerprint density at radius 3 is 2.92 bits per heavy atom. The summed E-state index contributed by atoms with van der Waals surface area (Å²) in [4.78, 5) is 0. The van der Waals surface area contributed by atoms with E-state index >= 15 is 0 Å². The molecule has 2 rings (SSSR count). The predicted molar refractivity (Wildman–Crippen MR) is 49.9 cm³/mol. The molecule has 1 heteroatoms. The van der Waals surface area contributed by atoms with Crippen LogP contribution in [0.1, 0.15) is 26.7 Å². The maximum atomic E-state index is 5.72. The molecule has 0 radical (unpaired) electrons. The van der Waals surface area contributed by atoms with Gasteiger partial charge in [-0.2, -0.15) is 0 Å². The van der Waals surface area contributed by atoms with E-state index in [1.54, 1.807) is 0 Å². The molecule has 0 spiro atoms. The minimum Gasteiger partial charge on any atom is -0.378 e. The van der Waals surface area contributed by atoms with Gasteiger partial charge in [0.1, 0.15) is 0 Å². The van der Waals surface area contributed by atoms with E-state index in [0.29, 0.717) is 12.0 Å². The van der Waals surface area contributed by atoms with Gasteiger partial charge in [0.05, 0.1) is 12.7 Å². The Balaban J connectivity index is 2.14. The van der Waals surface area contributed by atoms with Crippen molar-refractivity contribution in [1.82, 2.24) is 0 Å². The Labute approximate surface area is 74.8 Å². The third-order valence-electron chi connectivity index (χ3n) is 3.61. The maximum Gasteiger partial charge on any atom is 0.0612 e. The van der Waals surface area contributed by atoms with Crippen molar-refractivity contribution in [2.75, 3.05) is 6.61 Å². The zero-order chi connectivity index (χ0) is 8.72. The van der Waals surface area contributed by atoms with E-state index in [2.05, 4.69) is 20.4 Å². The van der Waals surface area contributed by atoms with Crippen LogP contribution in [-0.2, 0) is 4.74 Å². The van der Waals surface area contributed by atoms with Crippen LogP contribution in [0.2, 0.25) is 0 Å². The van der Waals surface area contributed by atoms with Crippen molar-refractivity contribution in [3.05, 3.63) is 12.2 Å². The summed E-state index contributed by atoms with van der Waals surface area (Å²) in [6.07, 6.45) is 2.96. The molecule has 1 saturated heterocycles. The topological polar surface area (TPSA) is 9.23 Å². The van der Waals surface area contributed by atoms with Gasteiger partial charge in [0.25, 0.3) is 0 Å². The molecular weight excluding hydrogens is 148 g/mol. The maximum absolute atomic E-state index is 5.72. The summed E-state index contributed by atoms with van der Waals surface area (Å²) in [5.41, 5.74) is 1.42. The molecule has 1 aliphatic heterocycles. The van der Waals surface area contributed by atoms with Gasteiger partial charge < -0.3 is 4.74 Å². The second kappa shape index (κ2) is 2.88. The highest BCUT2D eigenvalue weighted by Gasteiger charge is 2.37. The molecular formula is C11H18O. The molecule has 68 valence electrons. The van der Waals surface area contributed by atoms with Crippen molar-refractivity contribution < 1.29 is 4.74 Å². The van der Waals surface area contributed by atoms with Crippen LogP contribution in [0.15, 0.2) is 12.2 Å². The summed E-state index contributed by atoms with van der Waals surface area (Å²) < 4.78 is 5.72. The first-order valence-electron chi connectivity index (χ1n) is 4.97. The van der Waals surface area contributed by atoms with E-state index in [1.165, 1.54) is 18.4 Å². The quantitative estimate of drug-likeness (QED) is 0.503. The summed E-state index contributed by atoms with van der Waals surface area (Å²) in [5.74, 6) is 2.25. The molecule has 12 heavy (non-hydrogen) atoms. The Hall–Kier alpha value is -0.300.